The Morgan fingerprint density at radius 3 is 2.44 bits per heavy atom. The Balaban J connectivity index is 1.44. The van der Waals surface area contributed by atoms with E-state index in [1.54, 1.807) is 0 Å². The van der Waals surface area contributed by atoms with Crippen molar-refractivity contribution >= 4 is 27.5 Å². The zero-order chi connectivity index (χ0) is 24.8. The van der Waals surface area contributed by atoms with Crippen molar-refractivity contribution < 1.29 is 35.2 Å². The number of fused-ring (bicyclic) bond motifs is 1. The van der Waals surface area contributed by atoms with Gasteiger partial charge >= 0.3 is 6.18 Å². The molecule has 2 aliphatic heterocycles. The summed E-state index contributed by atoms with van der Waals surface area (Å²) in [4.78, 5) is 14.0. The third kappa shape index (κ3) is 4.90. The Kier molecular flexibility index (Phi) is 6.62. The molecule has 0 unspecified atom stereocenters. The molecule has 1 N–H and O–H groups in total. The molecule has 0 saturated carbocycles. The maximum Gasteiger partial charge on any atom is 0.416 e. The predicted molar refractivity (Wildman–Crippen MR) is 113 cm³/mol. The fourth-order valence-electron chi connectivity index (χ4n) is 4.30. The van der Waals surface area contributed by atoms with Crippen molar-refractivity contribution in [2.24, 2.45) is 0 Å². The van der Waals surface area contributed by atoms with E-state index in [1.807, 2.05) is 4.90 Å². The Bertz CT molecular complexity index is 1220. The van der Waals surface area contributed by atoms with Crippen LogP contribution in [0, 0.1) is 11.6 Å². The second-order valence-electron chi connectivity index (χ2n) is 8.19. The Labute approximate surface area is 197 Å². The van der Waals surface area contributed by atoms with Crippen LogP contribution in [0.2, 0.25) is 5.02 Å². The number of carbonyl (C=O) groups is 1. The molecule has 13 heteroatoms. The number of sulfonamides is 1. The molecule has 2 heterocycles. The average molecular weight is 524 g/mol. The van der Waals surface area contributed by atoms with Gasteiger partial charge < -0.3 is 5.32 Å². The van der Waals surface area contributed by atoms with E-state index in [-0.39, 0.29) is 30.7 Å². The number of carbonyl (C=O) groups excluding carboxylic acids is 1. The summed E-state index contributed by atoms with van der Waals surface area (Å²) >= 11 is 5.89. The molecule has 2 saturated heterocycles. The monoisotopic (exact) mass is 523 g/mol. The highest BCUT2D eigenvalue weighted by atomic mass is 35.5. The molecule has 0 aromatic heterocycles. The van der Waals surface area contributed by atoms with Crippen LogP contribution in [0.25, 0.3) is 0 Å². The van der Waals surface area contributed by atoms with Crippen molar-refractivity contribution in [1.82, 2.24) is 14.5 Å². The summed E-state index contributed by atoms with van der Waals surface area (Å²) in [6.45, 7) is 0.883. The molecule has 0 bridgehead atoms. The lowest BCUT2D eigenvalue weighted by atomic mass is 10.1. The molecule has 2 aromatic carbocycles. The standard InChI is InChI=1S/C21H19ClF5N3O3S/c22-17-7-12(21(25,26)27)1-4-19(17)34(32,33)30-6-5-29-10-14(9-15(29)11-30)28-20(31)16-3-2-13(23)8-18(16)24/h1-4,7-8,14-15H,5-6,9-11H2,(H,28,31)/t14-,15-/m0/s1. The molecule has 184 valence electrons. The molecule has 0 radical (unpaired) electrons. The molecule has 0 aliphatic carbocycles. The van der Waals surface area contributed by atoms with E-state index in [0.29, 0.717) is 37.7 Å². The van der Waals surface area contributed by atoms with Crippen LogP contribution in [-0.2, 0) is 16.2 Å². The number of benzene rings is 2. The van der Waals surface area contributed by atoms with Crippen LogP contribution in [0.4, 0.5) is 22.0 Å². The van der Waals surface area contributed by atoms with E-state index in [0.717, 1.165) is 22.5 Å². The molecule has 34 heavy (non-hydrogen) atoms. The Hall–Kier alpha value is -2.28. The number of hydrogen-bond acceptors (Lipinski definition) is 4. The smallest absolute Gasteiger partial charge is 0.348 e. The van der Waals surface area contributed by atoms with E-state index in [1.165, 1.54) is 0 Å². The van der Waals surface area contributed by atoms with Gasteiger partial charge in [-0.15, -0.1) is 0 Å². The van der Waals surface area contributed by atoms with Crippen molar-refractivity contribution in [2.75, 3.05) is 26.2 Å². The minimum absolute atomic E-state index is 0.0525. The molecule has 0 spiro atoms. The first-order valence-electron chi connectivity index (χ1n) is 10.2. The fraction of sp³-hybridized carbons (Fsp3) is 0.381. The highest BCUT2D eigenvalue weighted by molar-refractivity contribution is 7.89. The molecule has 2 atom stereocenters. The molecular weight excluding hydrogens is 505 g/mol. The van der Waals surface area contributed by atoms with Gasteiger partial charge in [0.1, 0.15) is 16.5 Å². The number of hydrogen-bond donors (Lipinski definition) is 1. The first-order valence-corrected chi connectivity index (χ1v) is 12.0. The van der Waals surface area contributed by atoms with Crippen molar-refractivity contribution in [3.8, 4) is 0 Å². The SMILES string of the molecule is O=C(N[C@H]1C[C@H]2CN(S(=O)(=O)c3ccc(C(F)(F)F)cc3Cl)CCN2C1)c1ccc(F)cc1F. The molecule has 1 amide bonds. The zero-order valence-electron chi connectivity index (χ0n) is 17.4. The van der Waals surface area contributed by atoms with Crippen molar-refractivity contribution in [2.45, 2.75) is 29.6 Å². The van der Waals surface area contributed by atoms with Gasteiger partial charge in [-0.05, 0) is 36.8 Å². The highest BCUT2D eigenvalue weighted by Gasteiger charge is 2.41. The summed E-state index contributed by atoms with van der Waals surface area (Å²) in [5.74, 6) is -2.50. The molecule has 2 fully saturated rings. The Morgan fingerprint density at radius 2 is 1.79 bits per heavy atom. The van der Waals surface area contributed by atoms with E-state index in [9.17, 15) is 35.2 Å². The first kappa shape index (κ1) is 24.8. The lowest BCUT2D eigenvalue weighted by molar-refractivity contribution is -0.137. The van der Waals surface area contributed by atoms with Crippen molar-refractivity contribution in [1.29, 1.82) is 0 Å². The lowest BCUT2D eigenvalue weighted by Crippen LogP contribution is -2.52. The van der Waals surface area contributed by atoms with Crippen LogP contribution in [0.3, 0.4) is 0 Å². The summed E-state index contributed by atoms with van der Waals surface area (Å²) in [6, 6.07) is 4.09. The van der Waals surface area contributed by atoms with E-state index >= 15 is 0 Å². The number of rotatable bonds is 4. The highest BCUT2D eigenvalue weighted by Crippen LogP contribution is 2.35. The maximum absolute atomic E-state index is 13.9. The van der Waals surface area contributed by atoms with E-state index < -0.39 is 49.2 Å². The maximum atomic E-state index is 13.9. The number of nitrogens with zero attached hydrogens (tertiary/aromatic N) is 2. The predicted octanol–water partition coefficient (Wildman–Crippen LogP) is 3.51. The Morgan fingerprint density at radius 1 is 1.06 bits per heavy atom. The van der Waals surface area contributed by atoms with Gasteiger partial charge in [0.05, 0.1) is 16.1 Å². The third-order valence-electron chi connectivity index (χ3n) is 5.97. The molecular formula is C21H19ClF5N3O3S. The normalized spacial score (nSPS) is 21.9. The van der Waals surface area contributed by atoms with Gasteiger partial charge in [-0.2, -0.15) is 17.5 Å². The molecule has 2 aromatic rings. The minimum Gasteiger partial charge on any atom is -0.348 e. The van der Waals surface area contributed by atoms with Crippen LogP contribution >= 0.6 is 11.6 Å². The van der Waals surface area contributed by atoms with Crippen LogP contribution in [0.5, 0.6) is 0 Å². The number of nitrogens with one attached hydrogen (secondary N) is 1. The molecule has 4 rings (SSSR count). The molecule has 6 nitrogen and oxygen atoms in total. The second-order valence-corrected chi connectivity index (χ2v) is 10.5. The minimum atomic E-state index is -4.66. The van der Waals surface area contributed by atoms with Crippen LogP contribution in [0.15, 0.2) is 41.3 Å². The van der Waals surface area contributed by atoms with Gasteiger partial charge in [0.15, 0.2) is 0 Å². The van der Waals surface area contributed by atoms with E-state index in [4.69, 9.17) is 11.6 Å². The second kappa shape index (κ2) is 9.06. The summed E-state index contributed by atoms with van der Waals surface area (Å²) in [6.07, 6.45) is -4.28. The molecule has 2 aliphatic rings. The van der Waals surface area contributed by atoms with Gasteiger partial charge in [0, 0.05) is 44.3 Å². The summed E-state index contributed by atoms with van der Waals surface area (Å²) in [7, 11) is -4.15. The summed E-state index contributed by atoms with van der Waals surface area (Å²) in [5, 5.41) is 2.17. The van der Waals surface area contributed by atoms with Crippen LogP contribution < -0.4 is 5.32 Å². The van der Waals surface area contributed by atoms with E-state index in [2.05, 4.69) is 5.32 Å². The lowest BCUT2D eigenvalue weighted by Gasteiger charge is -2.36. The number of amides is 1. The van der Waals surface area contributed by atoms with Gasteiger partial charge in [-0.1, -0.05) is 11.6 Å². The number of piperazine rings is 1. The van der Waals surface area contributed by atoms with Gasteiger partial charge in [-0.25, -0.2) is 17.2 Å². The van der Waals surface area contributed by atoms with Gasteiger partial charge in [0.25, 0.3) is 5.91 Å². The van der Waals surface area contributed by atoms with Crippen molar-refractivity contribution in [3.63, 3.8) is 0 Å². The number of alkyl halides is 3. The quantitative estimate of drug-likeness (QED) is 0.623. The zero-order valence-corrected chi connectivity index (χ0v) is 19.0. The fourth-order valence-corrected chi connectivity index (χ4v) is 6.29. The summed E-state index contributed by atoms with van der Waals surface area (Å²) < 4.78 is 92.9. The van der Waals surface area contributed by atoms with Gasteiger partial charge in [0.2, 0.25) is 10.0 Å². The average Bonchev–Trinajstić information content (AvgIpc) is 3.14. The van der Waals surface area contributed by atoms with Crippen LogP contribution in [0.1, 0.15) is 22.3 Å². The first-order chi connectivity index (χ1) is 15.9. The summed E-state index contributed by atoms with van der Waals surface area (Å²) in [5.41, 5.74) is -1.35. The van der Waals surface area contributed by atoms with Crippen molar-refractivity contribution in [3.05, 3.63) is 64.2 Å². The van der Waals surface area contributed by atoms with Gasteiger partial charge in [-0.3, -0.25) is 9.69 Å². The van der Waals surface area contributed by atoms with Crippen LogP contribution in [-0.4, -0.2) is 61.8 Å². The number of halogens is 6. The third-order valence-corrected chi connectivity index (χ3v) is 8.31. The topological polar surface area (TPSA) is 69.7 Å². The largest absolute Gasteiger partial charge is 0.416 e.